The Morgan fingerprint density at radius 3 is 2.26 bits per heavy atom. The summed E-state index contributed by atoms with van der Waals surface area (Å²) in [6.07, 6.45) is 4.31. The molecular weight excluding hydrogens is 837 g/mol. The summed E-state index contributed by atoms with van der Waals surface area (Å²) in [5.74, 6) is -2.66. The number of aromatic nitrogens is 2. The van der Waals surface area contributed by atoms with Crippen molar-refractivity contribution in [1.82, 2.24) is 20.2 Å². The number of ether oxygens (including phenoxy) is 2. The lowest BCUT2D eigenvalue weighted by Crippen LogP contribution is -2.46. The number of unbranched alkanes of at least 4 members (excludes halogenated alkanes) is 1. The zero-order chi connectivity index (χ0) is 47.9. The van der Waals surface area contributed by atoms with Crippen LogP contribution in [-0.2, 0) is 32.0 Å². The third-order valence-corrected chi connectivity index (χ3v) is 12.0. The standard InChI is InChI=1S/C51H64N8O7/c1-6-7-9-34-11-14-38(31(2)24-34)49-56-30-41(33(4)57-49)44(61)29-37(17-19-53)51(64)59(5)48-36-13-16-47(66-23-21-55)40(28-36)39-26-35(12-15-46(39)65-22-20-54)27-42(43(60)10-8-18-52)58-50(63)32(3)25-45(48)62/h11-16,24,26,28,30,32,37,42,48H,6-10,17,19-23,25,27,29,53-55H2,1-5H3,(H,58,63)/t32-,37-,42+,48+/m1/s1. The number of ketones is 3. The van der Waals surface area contributed by atoms with Crippen LogP contribution in [0.1, 0.15) is 103 Å². The molecule has 3 aromatic carbocycles. The lowest BCUT2D eigenvalue weighted by Gasteiger charge is -2.32. The van der Waals surface area contributed by atoms with Gasteiger partial charge in [0, 0.05) is 80.5 Å². The minimum Gasteiger partial charge on any atom is -0.492 e. The third-order valence-electron chi connectivity index (χ3n) is 12.0. The van der Waals surface area contributed by atoms with Gasteiger partial charge in [0.1, 0.15) is 30.8 Å². The van der Waals surface area contributed by atoms with Crippen molar-refractivity contribution in [3.8, 4) is 40.1 Å². The van der Waals surface area contributed by atoms with Gasteiger partial charge in [-0.05, 0) is 92.6 Å². The Morgan fingerprint density at radius 2 is 1.62 bits per heavy atom. The Labute approximate surface area is 387 Å². The van der Waals surface area contributed by atoms with Crippen LogP contribution in [0, 0.1) is 37.0 Å². The smallest absolute Gasteiger partial charge is 0.226 e. The molecule has 0 unspecified atom stereocenters. The van der Waals surface area contributed by atoms with Gasteiger partial charge in [-0.15, -0.1) is 0 Å². The van der Waals surface area contributed by atoms with Crippen molar-refractivity contribution in [2.75, 3.05) is 39.9 Å². The van der Waals surface area contributed by atoms with Crippen LogP contribution >= 0.6 is 0 Å². The maximum Gasteiger partial charge on any atom is 0.226 e. The van der Waals surface area contributed by atoms with Crippen LogP contribution in [-0.4, -0.2) is 90.0 Å². The minimum absolute atomic E-state index is 0.0304. The van der Waals surface area contributed by atoms with Gasteiger partial charge >= 0.3 is 0 Å². The number of likely N-dealkylation sites (N-methyl/N-ethyl adjacent to an activating group) is 1. The van der Waals surface area contributed by atoms with Crippen LogP contribution in [0.2, 0.25) is 0 Å². The Balaban J connectivity index is 1.55. The maximum absolute atomic E-state index is 14.8. The van der Waals surface area contributed by atoms with E-state index in [1.165, 1.54) is 23.7 Å². The molecule has 4 bridgehead atoms. The topological polar surface area (TPSA) is 247 Å². The number of nitriles is 1. The summed E-state index contributed by atoms with van der Waals surface area (Å²) >= 11 is 0. The largest absolute Gasteiger partial charge is 0.492 e. The molecule has 1 aromatic heterocycles. The van der Waals surface area contributed by atoms with Crippen molar-refractivity contribution in [3.05, 3.63) is 94.3 Å². The molecule has 1 aliphatic rings. The first kappa shape index (κ1) is 50.7. The first-order valence-corrected chi connectivity index (χ1v) is 22.8. The predicted molar refractivity (Wildman–Crippen MR) is 252 cm³/mol. The van der Waals surface area contributed by atoms with Gasteiger partial charge in [0.05, 0.1) is 23.4 Å². The van der Waals surface area contributed by atoms with E-state index in [1.807, 2.05) is 25.1 Å². The summed E-state index contributed by atoms with van der Waals surface area (Å²) in [4.78, 5) is 81.5. The van der Waals surface area contributed by atoms with Crippen molar-refractivity contribution in [2.45, 2.75) is 97.6 Å². The monoisotopic (exact) mass is 900 g/mol. The van der Waals surface area contributed by atoms with Crippen molar-refractivity contribution < 1.29 is 33.4 Å². The first-order valence-electron chi connectivity index (χ1n) is 22.8. The molecule has 0 spiro atoms. The summed E-state index contributed by atoms with van der Waals surface area (Å²) in [5.41, 5.74) is 23.8. The van der Waals surface area contributed by atoms with Gasteiger partial charge < -0.3 is 36.9 Å². The number of amides is 2. The van der Waals surface area contributed by atoms with E-state index in [-0.39, 0.29) is 88.5 Å². The van der Waals surface area contributed by atoms with Crippen LogP contribution in [0.4, 0.5) is 0 Å². The molecule has 15 heteroatoms. The Morgan fingerprint density at radius 1 is 0.924 bits per heavy atom. The number of nitrogens with one attached hydrogen (secondary N) is 1. The van der Waals surface area contributed by atoms with Gasteiger partial charge in [0.15, 0.2) is 23.2 Å². The summed E-state index contributed by atoms with van der Waals surface area (Å²) < 4.78 is 12.3. The highest BCUT2D eigenvalue weighted by atomic mass is 16.5. The Kier molecular flexibility index (Phi) is 18.6. The van der Waals surface area contributed by atoms with E-state index in [0.717, 1.165) is 30.4 Å². The van der Waals surface area contributed by atoms with E-state index in [2.05, 4.69) is 29.4 Å². The second-order valence-electron chi connectivity index (χ2n) is 17.0. The molecule has 0 radical (unpaired) electrons. The summed E-state index contributed by atoms with van der Waals surface area (Å²) in [6.45, 7) is 8.36. The number of fused-ring (bicyclic) bond motifs is 5. The van der Waals surface area contributed by atoms with Gasteiger partial charge in [-0.25, -0.2) is 9.97 Å². The average molecular weight is 901 g/mol. The Hall–Kier alpha value is -6.34. The van der Waals surface area contributed by atoms with E-state index in [4.69, 9.17) is 31.7 Å². The van der Waals surface area contributed by atoms with Crippen molar-refractivity contribution in [1.29, 1.82) is 5.26 Å². The molecule has 66 heavy (non-hydrogen) atoms. The number of carbonyl (C=O) groups excluding carboxylic acids is 5. The molecule has 4 aromatic rings. The molecule has 15 nitrogen and oxygen atoms in total. The van der Waals surface area contributed by atoms with E-state index >= 15 is 0 Å². The number of nitrogens with two attached hydrogens (primary N) is 3. The SMILES string of the molecule is CCCCc1ccc(-c2ncc(C(=O)C[C@@H](CCN)C(=O)N(C)[C@@H]3C(=O)C[C@@H](C)C(=O)N[C@H](C(=O)CCC#N)Cc4ccc(OCCN)c(c4)-c4cc3ccc4OCCN)c(C)n2)c(C)c1. The van der Waals surface area contributed by atoms with Crippen LogP contribution in [0.15, 0.2) is 60.8 Å². The van der Waals surface area contributed by atoms with E-state index < -0.39 is 41.5 Å². The quantitative estimate of drug-likeness (QED) is 0.0780. The highest BCUT2D eigenvalue weighted by molar-refractivity contribution is 6.00. The van der Waals surface area contributed by atoms with Crippen molar-refractivity contribution >= 4 is 29.2 Å². The predicted octanol–water partition coefficient (Wildman–Crippen LogP) is 5.69. The molecular formula is C51H64N8O7. The molecule has 7 N–H and O–H groups in total. The normalized spacial score (nSPS) is 16.6. The minimum atomic E-state index is -1.24. The zero-order valence-electron chi connectivity index (χ0n) is 38.9. The molecule has 1 aliphatic heterocycles. The van der Waals surface area contributed by atoms with Gasteiger partial charge in [-0.3, -0.25) is 24.0 Å². The molecule has 5 rings (SSSR count). The molecule has 4 atom stereocenters. The third kappa shape index (κ3) is 12.7. The van der Waals surface area contributed by atoms with Crippen molar-refractivity contribution in [2.24, 2.45) is 29.0 Å². The number of hydrogen-bond donors (Lipinski definition) is 4. The summed E-state index contributed by atoms with van der Waals surface area (Å²) in [7, 11) is 1.50. The van der Waals surface area contributed by atoms with Crippen LogP contribution in [0.25, 0.3) is 22.5 Å². The summed E-state index contributed by atoms with van der Waals surface area (Å²) in [5, 5.41) is 12.1. The van der Waals surface area contributed by atoms with Crippen molar-refractivity contribution in [3.63, 3.8) is 0 Å². The van der Waals surface area contributed by atoms with Crippen LogP contribution in [0.5, 0.6) is 11.5 Å². The number of aryl methyl sites for hydroxylation is 3. The molecule has 2 amide bonds. The van der Waals surface area contributed by atoms with Crippen LogP contribution < -0.4 is 32.0 Å². The lowest BCUT2D eigenvalue weighted by molar-refractivity contribution is -0.142. The number of benzene rings is 3. The second kappa shape index (κ2) is 24.3. The van der Waals surface area contributed by atoms with Gasteiger partial charge in [0.25, 0.3) is 0 Å². The fraction of sp³-hybridized carbons (Fsp3) is 0.451. The van der Waals surface area contributed by atoms with Gasteiger partial charge in [0.2, 0.25) is 11.8 Å². The number of carbonyl (C=O) groups is 5. The number of hydrogen-bond acceptors (Lipinski definition) is 13. The van der Waals surface area contributed by atoms with E-state index in [1.54, 1.807) is 44.2 Å². The average Bonchev–Trinajstić information content (AvgIpc) is 3.30. The van der Waals surface area contributed by atoms with E-state index in [0.29, 0.717) is 45.3 Å². The number of nitrogens with zero attached hydrogens (tertiary/aromatic N) is 4. The Bertz CT molecular complexity index is 2430. The zero-order valence-corrected chi connectivity index (χ0v) is 38.9. The lowest BCUT2D eigenvalue weighted by atomic mass is 9.88. The maximum atomic E-state index is 14.8. The first-order chi connectivity index (χ1) is 31.7. The van der Waals surface area contributed by atoms with E-state index in [9.17, 15) is 29.2 Å². The molecule has 0 saturated carbocycles. The molecule has 2 heterocycles. The van der Waals surface area contributed by atoms with Gasteiger partial charge in [-0.2, -0.15) is 5.26 Å². The molecule has 0 aliphatic carbocycles. The van der Waals surface area contributed by atoms with Gasteiger partial charge in [-0.1, -0.05) is 50.6 Å². The fourth-order valence-corrected chi connectivity index (χ4v) is 8.36. The molecule has 350 valence electrons. The second-order valence-corrected chi connectivity index (χ2v) is 17.0. The molecule has 0 fully saturated rings. The molecule has 0 saturated heterocycles. The fourth-order valence-electron chi connectivity index (χ4n) is 8.36. The highest BCUT2D eigenvalue weighted by Gasteiger charge is 2.36. The number of Topliss-reactive ketones (excluding diaryl/α,β-unsaturated/α-hetero) is 3. The summed E-state index contributed by atoms with van der Waals surface area (Å²) in [6, 6.07) is 16.5. The highest BCUT2D eigenvalue weighted by Crippen LogP contribution is 2.41. The van der Waals surface area contributed by atoms with Crippen LogP contribution in [0.3, 0.4) is 0 Å². The number of rotatable bonds is 20.